The molecule has 0 aliphatic rings. The third-order valence-electron chi connectivity index (χ3n) is 5.64. The Kier molecular flexibility index (Phi) is 5.77. The number of benzene rings is 2. The summed E-state index contributed by atoms with van der Waals surface area (Å²) in [5.41, 5.74) is 4.35. The van der Waals surface area contributed by atoms with Gasteiger partial charge >= 0.3 is 0 Å². The van der Waals surface area contributed by atoms with Crippen molar-refractivity contribution in [2.75, 3.05) is 28.6 Å². The highest BCUT2D eigenvalue weighted by atomic mass is 35.5. The van der Waals surface area contributed by atoms with E-state index >= 15 is 0 Å². The Labute approximate surface area is 200 Å². The highest BCUT2D eigenvalue weighted by Gasteiger charge is 2.19. The largest absolute Gasteiger partial charge is 0.371 e. The smallest absolute Gasteiger partial charge is 0.257 e. The monoisotopic (exact) mass is 474 g/mol. The molecule has 5 rings (SSSR count). The summed E-state index contributed by atoms with van der Waals surface area (Å²) in [5, 5.41) is 14.6. The van der Waals surface area contributed by atoms with Crippen molar-refractivity contribution in [3.8, 4) is 0 Å². The van der Waals surface area contributed by atoms with Gasteiger partial charge in [-0.3, -0.25) is 9.89 Å². The summed E-state index contributed by atoms with van der Waals surface area (Å²) in [5.74, 6) is 0.780. The van der Waals surface area contributed by atoms with E-state index in [2.05, 4.69) is 54.5 Å². The highest BCUT2D eigenvalue weighted by Crippen LogP contribution is 2.30. The van der Waals surface area contributed by atoms with Crippen molar-refractivity contribution in [1.29, 1.82) is 0 Å². The van der Waals surface area contributed by atoms with Gasteiger partial charge in [0, 0.05) is 30.4 Å². The van der Waals surface area contributed by atoms with E-state index in [4.69, 9.17) is 11.6 Å². The maximum atomic E-state index is 13.4. The molecule has 10 heteroatoms. The Morgan fingerprint density at radius 3 is 2.76 bits per heavy atom. The Morgan fingerprint density at radius 2 is 1.97 bits per heavy atom. The summed E-state index contributed by atoms with van der Waals surface area (Å²) in [6, 6.07) is 12.9. The molecule has 5 aromatic rings. The number of amides is 1. The van der Waals surface area contributed by atoms with E-state index < -0.39 is 0 Å². The molecule has 0 unspecified atom stereocenters. The van der Waals surface area contributed by atoms with Crippen LogP contribution in [0, 0.1) is 0 Å². The Balaban J connectivity index is 1.52. The van der Waals surface area contributed by atoms with Gasteiger partial charge in [0.1, 0.15) is 0 Å². The molecule has 0 saturated carbocycles. The normalized spacial score (nSPS) is 11.1. The Morgan fingerprint density at radius 1 is 1.12 bits per heavy atom. The molecule has 9 nitrogen and oxygen atoms in total. The van der Waals surface area contributed by atoms with Crippen molar-refractivity contribution >= 4 is 62.6 Å². The average Bonchev–Trinajstić information content (AvgIpc) is 3.46. The van der Waals surface area contributed by atoms with Crippen LogP contribution >= 0.6 is 11.6 Å². The molecule has 0 spiro atoms. The van der Waals surface area contributed by atoms with Crippen molar-refractivity contribution in [2.24, 2.45) is 0 Å². The molecule has 0 radical (unpaired) electrons. The fraction of sp³-hybridized carbons (Fsp3) is 0.167. The standard InChI is InChI=1S/C24H23ClN8O/c1-3-33(4-2)21-12-20-19(29-24(30-20)31-22-17(25)6-5-9-26-22)11-16(21)23(34)28-15-8-7-14-13-27-32-18(14)10-15/h5-13H,3-4H2,1-2H3,(H,27,32)(H,28,34)(H2,26,29,30,31). The van der Waals surface area contributed by atoms with E-state index in [0.717, 1.165) is 40.7 Å². The first kappa shape index (κ1) is 21.7. The predicted octanol–water partition coefficient (Wildman–Crippen LogP) is 5.33. The summed E-state index contributed by atoms with van der Waals surface area (Å²) >= 11 is 6.22. The second-order valence-electron chi connectivity index (χ2n) is 7.73. The van der Waals surface area contributed by atoms with Crippen LogP contribution in [0.4, 0.5) is 23.1 Å². The molecule has 0 aliphatic heterocycles. The molecule has 0 fully saturated rings. The first-order valence-electron chi connectivity index (χ1n) is 11.0. The number of imidazole rings is 1. The number of aromatic amines is 2. The number of carbonyl (C=O) groups is 1. The molecule has 34 heavy (non-hydrogen) atoms. The minimum Gasteiger partial charge on any atom is -0.371 e. The number of H-pyrrole nitrogens is 2. The molecule has 4 N–H and O–H groups in total. The fourth-order valence-electron chi connectivity index (χ4n) is 3.92. The van der Waals surface area contributed by atoms with Crippen LogP contribution < -0.4 is 15.5 Å². The summed E-state index contributed by atoms with van der Waals surface area (Å²) in [4.78, 5) is 27.6. The second-order valence-corrected chi connectivity index (χ2v) is 8.14. The number of rotatable bonds is 7. The molecular formula is C24H23ClN8O. The average molecular weight is 475 g/mol. The van der Waals surface area contributed by atoms with Crippen LogP contribution in [0.2, 0.25) is 5.02 Å². The maximum Gasteiger partial charge on any atom is 0.257 e. The van der Waals surface area contributed by atoms with Gasteiger partial charge < -0.3 is 20.5 Å². The number of aromatic nitrogens is 5. The Bertz CT molecular complexity index is 1490. The molecule has 0 aliphatic carbocycles. The number of fused-ring (bicyclic) bond motifs is 2. The van der Waals surface area contributed by atoms with Gasteiger partial charge in [-0.1, -0.05) is 11.6 Å². The van der Waals surface area contributed by atoms with Gasteiger partial charge in [-0.25, -0.2) is 9.97 Å². The summed E-state index contributed by atoms with van der Waals surface area (Å²) < 4.78 is 0. The van der Waals surface area contributed by atoms with E-state index in [1.165, 1.54) is 0 Å². The molecule has 3 heterocycles. The zero-order valence-corrected chi connectivity index (χ0v) is 19.4. The van der Waals surface area contributed by atoms with Gasteiger partial charge in [-0.05, 0) is 56.3 Å². The van der Waals surface area contributed by atoms with Gasteiger partial charge in [0.05, 0.1) is 39.0 Å². The molecule has 1 amide bonds. The molecule has 0 bridgehead atoms. The molecule has 0 saturated heterocycles. The lowest BCUT2D eigenvalue weighted by Gasteiger charge is -2.23. The van der Waals surface area contributed by atoms with Crippen LogP contribution in [0.3, 0.4) is 0 Å². The SMILES string of the molecule is CCN(CC)c1cc2nc(Nc3ncccc3Cl)[nH]c2cc1C(=O)Nc1ccc2cn[nH]c2c1. The molecule has 0 atom stereocenters. The first-order valence-corrected chi connectivity index (χ1v) is 11.3. The summed E-state index contributed by atoms with van der Waals surface area (Å²) in [6.07, 6.45) is 3.40. The maximum absolute atomic E-state index is 13.4. The lowest BCUT2D eigenvalue weighted by atomic mass is 10.1. The van der Waals surface area contributed by atoms with E-state index in [9.17, 15) is 4.79 Å². The first-order chi connectivity index (χ1) is 16.6. The number of pyridine rings is 1. The highest BCUT2D eigenvalue weighted by molar-refractivity contribution is 6.33. The summed E-state index contributed by atoms with van der Waals surface area (Å²) in [6.45, 7) is 5.62. The summed E-state index contributed by atoms with van der Waals surface area (Å²) in [7, 11) is 0. The zero-order chi connectivity index (χ0) is 23.7. The van der Waals surface area contributed by atoms with Crippen LogP contribution in [-0.2, 0) is 0 Å². The topological polar surface area (TPSA) is 115 Å². The van der Waals surface area contributed by atoms with Crippen molar-refractivity contribution in [2.45, 2.75) is 13.8 Å². The number of hydrogen-bond donors (Lipinski definition) is 4. The van der Waals surface area contributed by atoms with Crippen molar-refractivity contribution in [1.82, 2.24) is 25.1 Å². The van der Waals surface area contributed by atoms with E-state index in [1.807, 2.05) is 30.3 Å². The van der Waals surface area contributed by atoms with Gasteiger partial charge in [0.15, 0.2) is 5.82 Å². The molecule has 172 valence electrons. The van der Waals surface area contributed by atoms with E-state index in [-0.39, 0.29) is 5.91 Å². The zero-order valence-electron chi connectivity index (χ0n) is 18.7. The quantitative estimate of drug-likeness (QED) is 0.253. The third-order valence-corrected chi connectivity index (χ3v) is 5.95. The van der Waals surface area contributed by atoms with E-state index in [0.29, 0.717) is 28.0 Å². The van der Waals surface area contributed by atoms with Crippen LogP contribution in [0.1, 0.15) is 24.2 Å². The molecular weight excluding hydrogens is 452 g/mol. The van der Waals surface area contributed by atoms with Crippen molar-refractivity contribution < 1.29 is 4.79 Å². The van der Waals surface area contributed by atoms with Gasteiger partial charge in [0.25, 0.3) is 5.91 Å². The number of nitrogens with one attached hydrogen (secondary N) is 4. The van der Waals surface area contributed by atoms with Gasteiger partial charge in [0.2, 0.25) is 5.95 Å². The van der Waals surface area contributed by atoms with Crippen molar-refractivity contribution in [3.05, 3.63) is 65.4 Å². The van der Waals surface area contributed by atoms with Gasteiger partial charge in [-0.2, -0.15) is 5.10 Å². The Hall–Kier alpha value is -4.11. The number of carbonyl (C=O) groups excluding carboxylic acids is 1. The van der Waals surface area contributed by atoms with Crippen LogP contribution in [0.25, 0.3) is 21.9 Å². The van der Waals surface area contributed by atoms with Crippen molar-refractivity contribution in [3.63, 3.8) is 0 Å². The number of anilines is 4. The molecule has 2 aromatic carbocycles. The van der Waals surface area contributed by atoms with Crippen LogP contribution in [0.5, 0.6) is 0 Å². The second kappa shape index (κ2) is 9.03. The van der Waals surface area contributed by atoms with Crippen LogP contribution in [-0.4, -0.2) is 44.1 Å². The number of hydrogen-bond acceptors (Lipinski definition) is 6. The lowest BCUT2D eigenvalue weighted by molar-refractivity contribution is 0.102. The number of nitrogens with zero attached hydrogens (tertiary/aromatic N) is 4. The number of halogens is 1. The minimum absolute atomic E-state index is 0.209. The lowest BCUT2D eigenvalue weighted by Crippen LogP contribution is -2.25. The minimum atomic E-state index is -0.209. The fourth-order valence-corrected chi connectivity index (χ4v) is 4.08. The molecule has 3 aromatic heterocycles. The van der Waals surface area contributed by atoms with Crippen LogP contribution in [0.15, 0.2) is 54.9 Å². The predicted molar refractivity (Wildman–Crippen MR) is 136 cm³/mol. The third kappa shape index (κ3) is 4.13. The van der Waals surface area contributed by atoms with Gasteiger partial charge in [-0.15, -0.1) is 0 Å². The van der Waals surface area contributed by atoms with E-state index in [1.54, 1.807) is 24.5 Å².